The molecule has 0 bridgehead atoms. The fraction of sp³-hybridized carbons (Fsp3) is 0.172. The average Bonchev–Trinajstić information content (AvgIpc) is 3.60. The Morgan fingerprint density at radius 3 is 2.60 bits per heavy atom. The third-order valence-electron chi connectivity index (χ3n) is 6.11. The number of alkyl halides is 3. The van der Waals surface area contributed by atoms with Crippen LogP contribution >= 0.6 is 11.8 Å². The van der Waals surface area contributed by atoms with Gasteiger partial charge in [0.2, 0.25) is 5.91 Å². The Morgan fingerprint density at radius 1 is 1.09 bits per heavy atom. The molecular weight excluding hydrogens is 583 g/mol. The molecule has 1 fully saturated rings. The van der Waals surface area contributed by atoms with Crippen molar-refractivity contribution in [3.63, 3.8) is 0 Å². The number of amides is 3. The van der Waals surface area contributed by atoms with Crippen molar-refractivity contribution >= 4 is 40.8 Å². The van der Waals surface area contributed by atoms with Gasteiger partial charge in [-0.2, -0.15) is 10.1 Å². The van der Waals surface area contributed by atoms with Gasteiger partial charge in [0.15, 0.2) is 11.0 Å². The van der Waals surface area contributed by atoms with Gasteiger partial charge in [0.25, 0.3) is 0 Å². The number of hydrazone groups is 1. The molecule has 3 amide bonds. The van der Waals surface area contributed by atoms with Gasteiger partial charge in [-0.1, -0.05) is 62.0 Å². The number of rotatable bonds is 7. The van der Waals surface area contributed by atoms with Crippen molar-refractivity contribution in [3.8, 4) is 22.8 Å². The minimum Gasteiger partial charge on any atom is -0.406 e. The molecule has 0 spiro atoms. The number of ether oxygens (including phenoxy) is 1. The van der Waals surface area contributed by atoms with Gasteiger partial charge in [-0.05, 0) is 53.4 Å². The molecule has 14 heteroatoms. The Morgan fingerprint density at radius 2 is 1.86 bits per heavy atom. The van der Waals surface area contributed by atoms with Crippen LogP contribution in [0.1, 0.15) is 30.9 Å². The summed E-state index contributed by atoms with van der Waals surface area (Å²) in [6.45, 7) is 4.06. The number of aromatic nitrogens is 3. The van der Waals surface area contributed by atoms with E-state index in [0.717, 1.165) is 5.56 Å². The molecule has 0 atom stereocenters. The lowest BCUT2D eigenvalue weighted by molar-refractivity contribution is -0.274. The van der Waals surface area contributed by atoms with Crippen LogP contribution in [0.5, 0.6) is 5.75 Å². The normalized spacial score (nSPS) is 14.7. The third-order valence-corrected chi connectivity index (χ3v) is 7.03. The molecule has 0 radical (unpaired) electrons. The van der Waals surface area contributed by atoms with Gasteiger partial charge in [-0.3, -0.25) is 9.69 Å². The summed E-state index contributed by atoms with van der Waals surface area (Å²) in [7, 11) is 0. The summed E-state index contributed by atoms with van der Waals surface area (Å²) in [6.07, 6.45) is -1.91. The standard InChI is InChI=1S/C29H24F3N7O3S/c1-18(2)23-8-3-4-9-24(23)39-25(40)16-43-28(39)35-27(41)36-34-15-19-6-5-7-20(14-19)26-33-17-38(37-26)21-10-12-22(13-11-21)42-29(30,31)32/h3-15,17-18H,16H2,1-2H3,(H,36,41)/b34-15+,35-28-. The number of halogens is 3. The van der Waals surface area contributed by atoms with Gasteiger partial charge in [-0.15, -0.1) is 18.3 Å². The quantitative estimate of drug-likeness (QED) is 0.200. The molecule has 2 heterocycles. The van der Waals surface area contributed by atoms with Crippen LogP contribution in [0.2, 0.25) is 0 Å². The largest absolute Gasteiger partial charge is 0.573 e. The maximum Gasteiger partial charge on any atom is 0.573 e. The minimum atomic E-state index is -4.77. The molecular formula is C29H24F3N7O3S. The maximum absolute atomic E-state index is 12.6. The van der Waals surface area contributed by atoms with E-state index in [2.05, 4.69) is 30.3 Å². The zero-order chi connectivity index (χ0) is 30.6. The summed E-state index contributed by atoms with van der Waals surface area (Å²) in [5.41, 5.74) is 5.80. The highest BCUT2D eigenvalue weighted by Gasteiger charge is 2.32. The number of carbonyl (C=O) groups is 2. The van der Waals surface area contributed by atoms with Gasteiger partial charge in [0.05, 0.1) is 23.3 Å². The van der Waals surface area contributed by atoms with E-state index < -0.39 is 12.4 Å². The second kappa shape index (κ2) is 12.5. The number of hydrogen-bond acceptors (Lipinski definition) is 7. The van der Waals surface area contributed by atoms with E-state index >= 15 is 0 Å². The molecule has 0 aliphatic carbocycles. The molecule has 1 saturated heterocycles. The first-order valence-corrected chi connectivity index (χ1v) is 13.9. The number of carbonyl (C=O) groups excluding carboxylic acids is 2. The van der Waals surface area contributed by atoms with Crippen molar-refractivity contribution in [2.24, 2.45) is 10.1 Å². The van der Waals surface area contributed by atoms with E-state index in [1.165, 1.54) is 58.2 Å². The summed E-state index contributed by atoms with van der Waals surface area (Å²) in [4.78, 5) is 35.0. The number of hydrogen-bond donors (Lipinski definition) is 1. The highest BCUT2D eigenvalue weighted by molar-refractivity contribution is 8.15. The van der Waals surface area contributed by atoms with Crippen molar-refractivity contribution in [3.05, 3.63) is 90.3 Å². The summed E-state index contributed by atoms with van der Waals surface area (Å²) < 4.78 is 42.5. The Bertz CT molecular complexity index is 1700. The van der Waals surface area contributed by atoms with E-state index in [0.29, 0.717) is 28.3 Å². The maximum atomic E-state index is 12.6. The Kier molecular flexibility index (Phi) is 8.57. The van der Waals surface area contributed by atoms with Crippen molar-refractivity contribution < 1.29 is 27.5 Å². The zero-order valence-electron chi connectivity index (χ0n) is 22.8. The predicted molar refractivity (Wildman–Crippen MR) is 158 cm³/mol. The molecule has 1 aliphatic rings. The summed E-state index contributed by atoms with van der Waals surface area (Å²) in [5, 5.41) is 8.65. The number of urea groups is 1. The minimum absolute atomic E-state index is 0.159. The number of aliphatic imine (C=N–C) groups is 1. The number of benzene rings is 3. The summed E-state index contributed by atoms with van der Waals surface area (Å²) >= 11 is 1.18. The first kappa shape index (κ1) is 29.5. The van der Waals surface area contributed by atoms with Crippen LogP contribution in [-0.4, -0.2) is 50.2 Å². The van der Waals surface area contributed by atoms with Gasteiger partial charge >= 0.3 is 12.4 Å². The van der Waals surface area contributed by atoms with Crippen LogP contribution < -0.4 is 15.1 Å². The van der Waals surface area contributed by atoms with Crippen molar-refractivity contribution in [1.82, 2.24) is 20.2 Å². The van der Waals surface area contributed by atoms with Crippen LogP contribution in [0.3, 0.4) is 0 Å². The third kappa shape index (κ3) is 7.27. The van der Waals surface area contributed by atoms with Crippen LogP contribution in [0, 0.1) is 0 Å². The number of nitrogens with one attached hydrogen (secondary N) is 1. The van der Waals surface area contributed by atoms with E-state index in [1.54, 1.807) is 24.3 Å². The van der Waals surface area contributed by atoms with Crippen molar-refractivity contribution in [1.29, 1.82) is 0 Å². The van der Waals surface area contributed by atoms with Crippen LogP contribution in [0.4, 0.5) is 23.7 Å². The molecule has 43 heavy (non-hydrogen) atoms. The van der Waals surface area contributed by atoms with Crippen LogP contribution in [0.15, 0.2) is 89.2 Å². The SMILES string of the molecule is CC(C)c1ccccc1N1C(=O)CS/C1=N\C(=O)N/N=C/c1cccc(-c2ncn(-c3ccc(OC(F)(F)F)cc3)n2)c1. The first-order chi connectivity index (χ1) is 20.6. The molecule has 5 rings (SSSR count). The van der Waals surface area contributed by atoms with Gasteiger partial charge < -0.3 is 4.74 Å². The second-order valence-corrected chi connectivity index (χ2v) is 10.4. The van der Waals surface area contributed by atoms with Crippen LogP contribution in [0.25, 0.3) is 17.1 Å². The Balaban J connectivity index is 1.25. The number of nitrogens with zero attached hydrogens (tertiary/aromatic N) is 6. The molecule has 4 aromatic rings. The lowest BCUT2D eigenvalue weighted by Crippen LogP contribution is -2.31. The van der Waals surface area contributed by atoms with Gasteiger partial charge in [0.1, 0.15) is 12.1 Å². The molecule has 0 saturated carbocycles. The molecule has 220 valence electrons. The fourth-order valence-electron chi connectivity index (χ4n) is 4.21. The van der Waals surface area contributed by atoms with Gasteiger partial charge in [-0.25, -0.2) is 19.9 Å². The smallest absolute Gasteiger partial charge is 0.406 e. The van der Waals surface area contributed by atoms with Crippen LogP contribution in [-0.2, 0) is 4.79 Å². The van der Waals surface area contributed by atoms with E-state index in [4.69, 9.17) is 0 Å². The number of para-hydroxylation sites is 1. The Labute approximate surface area is 248 Å². The van der Waals surface area contributed by atoms with Gasteiger partial charge in [0, 0.05) is 5.56 Å². The lowest BCUT2D eigenvalue weighted by atomic mass is 10.0. The number of thioether (sulfide) groups is 1. The van der Waals surface area contributed by atoms with Crippen molar-refractivity contribution in [2.45, 2.75) is 26.1 Å². The Hall–Kier alpha value is -4.98. The van der Waals surface area contributed by atoms with E-state index in [9.17, 15) is 22.8 Å². The average molecular weight is 608 g/mol. The molecule has 1 aromatic heterocycles. The second-order valence-electron chi connectivity index (χ2n) is 9.48. The lowest BCUT2D eigenvalue weighted by Gasteiger charge is -2.21. The molecule has 0 unspecified atom stereocenters. The van der Waals surface area contributed by atoms with Crippen molar-refractivity contribution in [2.75, 3.05) is 10.7 Å². The molecule has 10 nitrogen and oxygen atoms in total. The number of amidine groups is 1. The topological polar surface area (TPSA) is 114 Å². The predicted octanol–water partition coefficient (Wildman–Crippen LogP) is 6.14. The summed E-state index contributed by atoms with van der Waals surface area (Å²) in [6, 6.07) is 19.1. The fourth-order valence-corrected chi connectivity index (χ4v) is 5.07. The van der Waals surface area contributed by atoms with E-state index in [1.807, 2.05) is 38.1 Å². The monoisotopic (exact) mass is 607 g/mol. The van der Waals surface area contributed by atoms with E-state index in [-0.39, 0.29) is 28.5 Å². The summed E-state index contributed by atoms with van der Waals surface area (Å²) in [5.74, 6) is 0.212. The highest BCUT2D eigenvalue weighted by Crippen LogP contribution is 2.33. The number of anilines is 1. The molecule has 1 N–H and O–H groups in total. The first-order valence-electron chi connectivity index (χ1n) is 12.9. The zero-order valence-corrected chi connectivity index (χ0v) is 23.6. The highest BCUT2D eigenvalue weighted by atomic mass is 32.2. The molecule has 3 aromatic carbocycles. The molecule has 1 aliphatic heterocycles.